The Kier molecular flexibility index (Phi) is 3.84. The molecule has 3 atom stereocenters. The zero-order chi connectivity index (χ0) is 16.8. The normalized spacial score (nSPS) is 33.2. The second-order valence-electron chi connectivity index (χ2n) is 8.26. The minimum atomic E-state index is 0.305. The molecule has 24 heavy (non-hydrogen) atoms. The van der Waals surface area contributed by atoms with Crippen LogP contribution in [0, 0.1) is 5.92 Å². The monoisotopic (exact) mass is 324 g/mol. The third-order valence-electron chi connectivity index (χ3n) is 7.31. The molecule has 2 heteroatoms. The van der Waals surface area contributed by atoms with Gasteiger partial charge in [-0.1, -0.05) is 32.1 Å². The van der Waals surface area contributed by atoms with Crippen molar-refractivity contribution in [1.82, 2.24) is 0 Å². The molecule has 0 radical (unpaired) electrons. The Morgan fingerprint density at radius 2 is 1.96 bits per heavy atom. The first-order chi connectivity index (χ1) is 11.6. The highest BCUT2D eigenvalue weighted by molar-refractivity contribution is 5.44. The summed E-state index contributed by atoms with van der Waals surface area (Å²) < 4.78 is 1.14. The van der Waals surface area contributed by atoms with Gasteiger partial charge in [-0.25, -0.2) is 0 Å². The zero-order valence-electron chi connectivity index (χ0n) is 14.7. The fourth-order valence-electron chi connectivity index (χ4n) is 6.39. The molecule has 1 saturated carbocycles. The van der Waals surface area contributed by atoms with Gasteiger partial charge in [0, 0.05) is 24.2 Å². The van der Waals surface area contributed by atoms with E-state index in [0.717, 1.165) is 29.9 Å². The van der Waals surface area contributed by atoms with Crippen LogP contribution in [0.15, 0.2) is 43.5 Å². The molecular weight excluding hydrogens is 294 g/mol. The topological polar surface area (TPSA) is 20.2 Å². The Morgan fingerprint density at radius 1 is 1.17 bits per heavy atom. The lowest BCUT2D eigenvalue weighted by Crippen LogP contribution is -2.70. The lowest BCUT2D eigenvalue weighted by molar-refractivity contribution is -0.952. The van der Waals surface area contributed by atoms with E-state index < -0.39 is 0 Å². The fourth-order valence-corrected chi connectivity index (χ4v) is 6.39. The van der Waals surface area contributed by atoms with E-state index in [1.807, 2.05) is 6.07 Å². The lowest BCUT2D eigenvalue weighted by Gasteiger charge is -2.62. The van der Waals surface area contributed by atoms with Crippen LogP contribution in [-0.4, -0.2) is 35.3 Å². The van der Waals surface area contributed by atoms with Gasteiger partial charge in [-0.2, -0.15) is 0 Å². The van der Waals surface area contributed by atoms with Crippen molar-refractivity contribution in [2.75, 3.05) is 19.6 Å². The number of phenols is 1. The third-order valence-corrected chi connectivity index (χ3v) is 7.31. The first-order valence-corrected chi connectivity index (χ1v) is 9.55. The number of nitrogens with zero attached hydrogens (tertiary/aromatic N) is 1. The highest BCUT2D eigenvalue weighted by Crippen LogP contribution is 2.57. The molecule has 2 nitrogen and oxygen atoms in total. The maximum Gasteiger partial charge on any atom is 0.115 e. The van der Waals surface area contributed by atoms with Gasteiger partial charge in [-0.05, 0) is 48.3 Å². The molecule has 3 aliphatic rings. The molecule has 1 aromatic carbocycles. The summed E-state index contributed by atoms with van der Waals surface area (Å²) in [5.41, 5.74) is 3.25. The summed E-state index contributed by atoms with van der Waals surface area (Å²) in [6.45, 7) is 11.4. The number of hydrogen-bond donors (Lipinski definition) is 1. The van der Waals surface area contributed by atoms with Gasteiger partial charge < -0.3 is 9.59 Å². The molecule has 0 spiro atoms. The van der Waals surface area contributed by atoms with Gasteiger partial charge in [0.25, 0.3) is 0 Å². The first kappa shape index (κ1) is 16.0. The number of likely N-dealkylation sites (tertiary alicyclic amines) is 1. The van der Waals surface area contributed by atoms with Gasteiger partial charge >= 0.3 is 0 Å². The van der Waals surface area contributed by atoms with Gasteiger partial charge in [0.2, 0.25) is 0 Å². The van der Waals surface area contributed by atoms with E-state index in [2.05, 4.69) is 37.4 Å². The highest BCUT2D eigenvalue weighted by atomic mass is 16.3. The van der Waals surface area contributed by atoms with Crippen molar-refractivity contribution in [2.24, 2.45) is 5.92 Å². The minimum absolute atomic E-state index is 0.305. The first-order valence-electron chi connectivity index (χ1n) is 9.55. The average molecular weight is 324 g/mol. The van der Waals surface area contributed by atoms with E-state index in [1.165, 1.54) is 49.8 Å². The average Bonchev–Trinajstić information content (AvgIpc) is 2.59. The van der Waals surface area contributed by atoms with Gasteiger partial charge in [-0.15, -0.1) is 0 Å². The third kappa shape index (κ3) is 2.12. The standard InChI is InChI=1S/C22H29NO/c1-3-12-23(13-4-2)14-11-22-10-6-5-7-19(22)21(23)15-17-8-9-18(24)16-20(17)22/h3-4,8-9,16,19,21H,1-2,5-7,10-15H2/p+1/t19-,21+,22-/m0/s1. The molecule has 1 aromatic rings. The quantitative estimate of drug-likeness (QED) is 0.645. The molecule has 0 amide bonds. The Bertz CT molecular complexity index is 654. The summed E-state index contributed by atoms with van der Waals surface area (Å²) in [6, 6.07) is 6.83. The molecule has 2 bridgehead atoms. The molecule has 1 aliphatic heterocycles. The van der Waals surface area contributed by atoms with Crippen LogP contribution in [0.5, 0.6) is 5.75 Å². The van der Waals surface area contributed by atoms with Gasteiger partial charge in [0.05, 0.1) is 25.7 Å². The number of phenolic OH excluding ortho intramolecular Hbond substituents is 1. The molecule has 1 N–H and O–H groups in total. The number of piperidine rings is 1. The van der Waals surface area contributed by atoms with E-state index in [4.69, 9.17) is 0 Å². The molecule has 2 aliphatic carbocycles. The number of benzene rings is 1. The molecule has 1 heterocycles. The second kappa shape index (κ2) is 5.77. The largest absolute Gasteiger partial charge is 0.508 e. The number of quaternary nitrogens is 1. The molecule has 128 valence electrons. The van der Waals surface area contributed by atoms with E-state index in [-0.39, 0.29) is 0 Å². The predicted molar refractivity (Wildman–Crippen MR) is 99.1 cm³/mol. The van der Waals surface area contributed by atoms with Crippen molar-refractivity contribution < 1.29 is 9.59 Å². The predicted octanol–water partition coefficient (Wildman–Crippen LogP) is 4.34. The molecule has 0 unspecified atom stereocenters. The van der Waals surface area contributed by atoms with Crippen LogP contribution in [-0.2, 0) is 11.8 Å². The van der Waals surface area contributed by atoms with Crippen molar-refractivity contribution in [2.45, 2.75) is 50.0 Å². The lowest BCUT2D eigenvalue weighted by atomic mass is 9.51. The summed E-state index contributed by atoms with van der Waals surface area (Å²) in [4.78, 5) is 0. The number of aromatic hydroxyl groups is 1. The smallest absolute Gasteiger partial charge is 0.115 e. The fraction of sp³-hybridized carbons (Fsp3) is 0.545. The Labute approximate surface area is 146 Å². The van der Waals surface area contributed by atoms with Crippen molar-refractivity contribution >= 4 is 0 Å². The van der Waals surface area contributed by atoms with Crippen LogP contribution in [0.4, 0.5) is 0 Å². The van der Waals surface area contributed by atoms with Gasteiger partial charge in [-0.3, -0.25) is 0 Å². The molecule has 0 aromatic heterocycles. The van der Waals surface area contributed by atoms with Crippen molar-refractivity contribution in [3.05, 3.63) is 54.6 Å². The Hall–Kier alpha value is -1.54. The Morgan fingerprint density at radius 3 is 2.71 bits per heavy atom. The second-order valence-corrected chi connectivity index (χ2v) is 8.26. The number of rotatable bonds is 4. The van der Waals surface area contributed by atoms with Crippen LogP contribution in [0.3, 0.4) is 0 Å². The minimum Gasteiger partial charge on any atom is -0.508 e. The molecule has 4 rings (SSSR count). The van der Waals surface area contributed by atoms with Crippen LogP contribution in [0.2, 0.25) is 0 Å². The summed E-state index contributed by atoms with van der Waals surface area (Å²) in [5.74, 6) is 1.18. The van der Waals surface area contributed by atoms with E-state index >= 15 is 0 Å². The highest BCUT2D eigenvalue weighted by Gasteiger charge is 2.59. The maximum atomic E-state index is 10.1. The van der Waals surface area contributed by atoms with Gasteiger partial charge in [0.1, 0.15) is 5.75 Å². The van der Waals surface area contributed by atoms with E-state index in [1.54, 1.807) is 0 Å². The SMILES string of the molecule is C=CC[N+]1(CC=C)CC[C@@]23CCCC[C@H]2[C@H]1Cc1ccc(O)cc13. The zero-order valence-corrected chi connectivity index (χ0v) is 14.7. The summed E-state index contributed by atoms with van der Waals surface area (Å²) in [6.07, 6.45) is 12.0. The van der Waals surface area contributed by atoms with E-state index in [9.17, 15) is 5.11 Å². The summed E-state index contributed by atoms with van der Waals surface area (Å²) in [5, 5.41) is 10.1. The van der Waals surface area contributed by atoms with Crippen LogP contribution < -0.4 is 0 Å². The van der Waals surface area contributed by atoms with Crippen molar-refractivity contribution in [3.8, 4) is 5.75 Å². The number of fused-ring (bicyclic) bond motifs is 1. The van der Waals surface area contributed by atoms with Gasteiger partial charge in [0.15, 0.2) is 0 Å². The van der Waals surface area contributed by atoms with Crippen LogP contribution in [0.1, 0.15) is 43.2 Å². The van der Waals surface area contributed by atoms with E-state index in [0.29, 0.717) is 17.2 Å². The van der Waals surface area contributed by atoms with Crippen molar-refractivity contribution in [1.29, 1.82) is 0 Å². The summed E-state index contributed by atoms with van der Waals surface area (Å²) >= 11 is 0. The Balaban J connectivity index is 1.86. The number of hydrogen-bond acceptors (Lipinski definition) is 1. The van der Waals surface area contributed by atoms with Crippen LogP contribution in [0.25, 0.3) is 0 Å². The molecule has 1 saturated heterocycles. The van der Waals surface area contributed by atoms with Crippen molar-refractivity contribution in [3.63, 3.8) is 0 Å². The summed E-state index contributed by atoms with van der Waals surface area (Å²) in [7, 11) is 0. The maximum absolute atomic E-state index is 10.1. The van der Waals surface area contributed by atoms with Crippen LogP contribution >= 0.6 is 0 Å². The molecule has 2 fully saturated rings. The molecular formula is C22H30NO+.